The van der Waals surface area contributed by atoms with Gasteiger partial charge in [-0.25, -0.2) is 5.43 Å². The Kier molecular flexibility index (Phi) is 7.04. The number of rotatable bonds is 6. The molecule has 0 saturated heterocycles. The number of nitriles is 1. The Balaban J connectivity index is 1.47. The molecule has 1 atom stereocenters. The van der Waals surface area contributed by atoms with Crippen molar-refractivity contribution in [3.05, 3.63) is 88.7 Å². The van der Waals surface area contributed by atoms with Gasteiger partial charge < -0.3 is 4.57 Å². The summed E-state index contributed by atoms with van der Waals surface area (Å²) in [6.45, 7) is 4.12. The number of nitrogens with one attached hydrogen (secondary N) is 1. The highest BCUT2D eigenvalue weighted by Gasteiger charge is 2.19. The van der Waals surface area contributed by atoms with Crippen molar-refractivity contribution in [3.8, 4) is 11.8 Å². The van der Waals surface area contributed by atoms with Gasteiger partial charge >= 0.3 is 0 Å². The lowest BCUT2D eigenvalue weighted by Gasteiger charge is -2.22. The zero-order chi connectivity index (χ0) is 23.2. The van der Waals surface area contributed by atoms with E-state index in [2.05, 4.69) is 58.4 Å². The molecule has 2 aromatic carbocycles. The van der Waals surface area contributed by atoms with Gasteiger partial charge in [0.1, 0.15) is 0 Å². The lowest BCUT2D eigenvalue weighted by molar-refractivity contribution is -0.121. The van der Waals surface area contributed by atoms with Crippen molar-refractivity contribution < 1.29 is 4.79 Å². The summed E-state index contributed by atoms with van der Waals surface area (Å²) in [5, 5.41) is 13.5. The Labute approximate surface area is 195 Å². The number of carbonyl (C=O) groups is 1. The van der Waals surface area contributed by atoms with Crippen LogP contribution >= 0.6 is 0 Å². The normalized spacial score (nSPS) is 15.3. The zero-order valence-electron chi connectivity index (χ0n) is 19.3. The van der Waals surface area contributed by atoms with Crippen LogP contribution in [0, 0.1) is 25.2 Å². The fraction of sp³-hybridized carbons (Fsp3) is 0.321. The molecule has 3 aromatic rings. The van der Waals surface area contributed by atoms with Gasteiger partial charge in [-0.3, -0.25) is 4.79 Å². The predicted molar refractivity (Wildman–Crippen MR) is 132 cm³/mol. The van der Waals surface area contributed by atoms with E-state index in [1.807, 2.05) is 25.1 Å². The minimum Gasteiger partial charge on any atom is -0.318 e. The molecule has 1 aliphatic carbocycles. The minimum absolute atomic E-state index is 0.438. The van der Waals surface area contributed by atoms with Gasteiger partial charge in [0.15, 0.2) is 5.92 Å². The van der Waals surface area contributed by atoms with E-state index in [1.54, 1.807) is 18.3 Å². The second-order valence-electron chi connectivity index (χ2n) is 8.80. The number of benzene rings is 2. The quantitative estimate of drug-likeness (QED) is 0.384. The fourth-order valence-electron chi connectivity index (χ4n) is 4.81. The van der Waals surface area contributed by atoms with Gasteiger partial charge in [0, 0.05) is 22.6 Å². The number of hydrogen-bond donors (Lipinski definition) is 1. The third kappa shape index (κ3) is 5.06. The summed E-state index contributed by atoms with van der Waals surface area (Å²) in [7, 11) is 0. The van der Waals surface area contributed by atoms with E-state index in [9.17, 15) is 10.1 Å². The lowest BCUT2D eigenvalue weighted by atomic mass is 9.84. The largest absolute Gasteiger partial charge is 0.318 e. The van der Waals surface area contributed by atoms with Crippen molar-refractivity contribution in [1.82, 2.24) is 9.99 Å². The van der Waals surface area contributed by atoms with E-state index < -0.39 is 11.8 Å². The summed E-state index contributed by atoms with van der Waals surface area (Å²) in [6.07, 6.45) is 8.27. The van der Waals surface area contributed by atoms with Crippen molar-refractivity contribution in [2.75, 3.05) is 0 Å². The van der Waals surface area contributed by atoms with Gasteiger partial charge in [0.2, 0.25) is 0 Å². The number of carbonyl (C=O) groups excluding carboxylic acids is 1. The molecule has 1 saturated carbocycles. The molecular weight excluding hydrogens is 408 g/mol. The van der Waals surface area contributed by atoms with Gasteiger partial charge in [-0.1, -0.05) is 61.7 Å². The third-order valence-corrected chi connectivity index (χ3v) is 6.60. The molecule has 0 unspecified atom stereocenters. The standard InChI is InChI=1S/C28H30N4O/c1-20-17-25(19-30-31-28(33)27(18-29)24-11-7-4-8-12-24)21(2)32(20)26-15-13-23(14-16-26)22-9-5-3-6-10-22/h4,7-8,11-17,19,22,27H,3,5-6,9-10H2,1-2H3,(H,31,33)/b30-19-/t27-/m1/s1. The zero-order valence-corrected chi connectivity index (χ0v) is 19.3. The first-order valence-corrected chi connectivity index (χ1v) is 11.6. The summed E-state index contributed by atoms with van der Waals surface area (Å²) in [5.41, 5.74) is 8.82. The molecule has 5 nitrogen and oxygen atoms in total. The van der Waals surface area contributed by atoms with Crippen LogP contribution in [0.1, 0.15) is 72.0 Å². The lowest BCUT2D eigenvalue weighted by Crippen LogP contribution is -2.24. The van der Waals surface area contributed by atoms with Crippen LogP contribution in [0.25, 0.3) is 5.69 Å². The monoisotopic (exact) mass is 438 g/mol. The van der Waals surface area contributed by atoms with Crippen molar-refractivity contribution >= 4 is 12.1 Å². The second-order valence-corrected chi connectivity index (χ2v) is 8.80. The number of aryl methyl sites for hydroxylation is 1. The highest BCUT2D eigenvalue weighted by Crippen LogP contribution is 2.33. The van der Waals surface area contributed by atoms with Crippen molar-refractivity contribution in [2.24, 2.45) is 5.10 Å². The Bertz CT molecular complexity index is 1160. The highest BCUT2D eigenvalue weighted by molar-refractivity contribution is 5.88. The number of hydrazone groups is 1. The van der Waals surface area contributed by atoms with Gasteiger partial charge in [0.05, 0.1) is 12.3 Å². The Morgan fingerprint density at radius 3 is 2.45 bits per heavy atom. The van der Waals surface area contributed by atoms with E-state index in [0.717, 1.165) is 22.6 Å². The maximum Gasteiger partial charge on any atom is 0.261 e. The van der Waals surface area contributed by atoms with Crippen LogP contribution in [0.15, 0.2) is 65.8 Å². The molecule has 1 fully saturated rings. The molecule has 1 aromatic heterocycles. The molecular formula is C28H30N4O. The van der Waals surface area contributed by atoms with Gasteiger partial charge in [-0.15, -0.1) is 0 Å². The van der Waals surface area contributed by atoms with Gasteiger partial charge in [0.25, 0.3) is 5.91 Å². The first kappa shape index (κ1) is 22.5. The Morgan fingerprint density at radius 2 is 1.79 bits per heavy atom. The molecule has 1 N–H and O–H groups in total. The van der Waals surface area contributed by atoms with Crippen LogP contribution in [0.4, 0.5) is 0 Å². The molecule has 0 spiro atoms. The van der Waals surface area contributed by atoms with Crippen molar-refractivity contribution in [3.63, 3.8) is 0 Å². The molecule has 0 aliphatic heterocycles. The summed E-state index contributed by atoms with van der Waals surface area (Å²) in [5.74, 6) is -0.635. The molecule has 168 valence electrons. The van der Waals surface area contributed by atoms with Crippen molar-refractivity contribution in [2.45, 2.75) is 57.8 Å². The number of amides is 1. The number of aromatic nitrogens is 1. The maximum absolute atomic E-state index is 12.5. The summed E-state index contributed by atoms with van der Waals surface area (Å²) in [4.78, 5) is 12.5. The van der Waals surface area contributed by atoms with E-state index in [-0.39, 0.29) is 0 Å². The summed E-state index contributed by atoms with van der Waals surface area (Å²) < 4.78 is 2.20. The average molecular weight is 439 g/mol. The average Bonchev–Trinajstić information content (AvgIpc) is 3.13. The molecule has 5 heteroatoms. The van der Waals surface area contributed by atoms with E-state index in [0.29, 0.717) is 11.5 Å². The second kappa shape index (κ2) is 10.3. The van der Waals surface area contributed by atoms with Crippen LogP contribution < -0.4 is 5.43 Å². The molecule has 1 heterocycles. The molecule has 0 radical (unpaired) electrons. The fourth-order valence-corrected chi connectivity index (χ4v) is 4.81. The van der Waals surface area contributed by atoms with Crippen LogP contribution in [-0.2, 0) is 4.79 Å². The number of hydrogen-bond acceptors (Lipinski definition) is 3. The summed E-state index contributed by atoms with van der Waals surface area (Å²) in [6, 6.07) is 22.1. The van der Waals surface area contributed by atoms with Gasteiger partial charge in [-0.05, 0) is 61.9 Å². The molecule has 1 aliphatic rings. The predicted octanol–water partition coefficient (Wildman–Crippen LogP) is 5.90. The van der Waals surface area contributed by atoms with Crippen LogP contribution in [0.2, 0.25) is 0 Å². The van der Waals surface area contributed by atoms with Crippen LogP contribution in [0.5, 0.6) is 0 Å². The molecule has 4 rings (SSSR count). The van der Waals surface area contributed by atoms with E-state index in [1.165, 1.54) is 37.7 Å². The van der Waals surface area contributed by atoms with E-state index in [4.69, 9.17) is 0 Å². The minimum atomic E-state index is -0.890. The van der Waals surface area contributed by atoms with Gasteiger partial charge in [-0.2, -0.15) is 10.4 Å². The topological polar surface area (TPSA) is 70.2 Å². The van der Waals surface area contributed by atoms with Crippen LogP contribution in [-0.4, -0.2) is 16.7 Å². The highest BCUT2D eigenvalue weighted by atomic mass is 16.2. The maximum atomic E-state index is 12.5. The Hall–Kier alpha value is -3.65. The molecule has 0 bridgehead atoms. The summed E-state index contributed by atoms with van der Waals surface area (Å²) >= 11 is 0. The van der Waals surface area contributed by atoms with E-state index >= 15 is 0 Å². The molecule has 33 heavy (non-hydrogen) atoms. The first-order valence-electron chi connectivity index (χ1n) is 11.6. The number of nitrogens with zero attached hydrogens (tertiary/aromatic N) is 3. The molecule has 1 amide bonds. The van der Waals surface area contributed by atoms with Crippen molar-refractivity contribution in [1.29, 1.82) is 5.26 Å². The van der Waals surface area contributed by atoms with Crippen LogP contribution in [0.3, 0.4) is 0 Å². The smallest absolute Gasteiger partial charge is 0.261 e. The SMILES string of the molecule is Cc1cc(/C=N\NC(=O)[C@H](C#N)c2ccccc2)c(C)n1-c1ccc(C2CCCCC2)cc1. The Morgan fingerprint density at radius 1 is 1.09 bits per heavy atom. The third-order valence-electron chi connectivity index (χ3n) is 6.60. The first-order chi connectivity index (χ1) is 16.1.